The molecule has 0 saturated carbocycles. The number of rotatable bonds is 2. The van der Waals surface area contributed by atoms with Gasteiger partial charge in [-0.25, -0.2) is 18.5 Å². The summed E-state index contributed by atoms with van der Waals surface area (Å²) in [4.78, 5) is 4.52. The summed E-state index contributed by atoms with van der Waals surface area (Å²) in [5, 5.41) is 4.48. The van der Waals surface area contributed by atoms with Gasteiger partial charge in [-0.2, -0.15) is 9.49 Å². The van der Waals surface area contributed by atoms with Gasteiger partial charge in [0.25, 0.3) is 0 Å². The van der Waals surface area contributed by atoms with E-state index in [4.69, 9.17) is 10.5 Å². The first-order valence-electron chi connectivity index (χ1n) is 8.14. The maximum atomic E-state index is 14.5. The second kappa shape index (κ2) is 6.31. The van der Waals surface area contributed by atoms with E-state index in [9.17, 15) is 13.2 Å². The number of aliphatic imine (C=N–C) groups is 1. The number of halogens is 3. The second-order valence-corrected chi connectivity index (χ2v) is 7.60. The molecule has 5 nitrogen and oxygen atoms in total. The molecule has 4 rings (SSSR count). The highest BCUT2D eigenvalue weighted by Crippen LogP contribution is 2.49. The highest BCUT2D eigenvalue weighted by atomic mass is 32.2. The average molecular weight is 382 g/mol. The minimum Gasteiger partial charge on any atom is -0.379 e. The molecular formula is C17H17F3N4OS. The molecule has 2 aromatic rings. The van der Waals surface area contributed by atoms with Crippen molar-refractivity contribution >= 4 is 16.9 Å². The number of hydrogen-bond acceptors (Lipinski definition) is 5. The number of thioether (sulfide) groups is 1. The van der Waals surface area contributed by atoms with Crippen LogP contribution in [-0.2, 0) is 17.3 Å². The van der Waals surface area contributed by atoms with Crippen molar-refractivity contribution in [3.8, 4) is 0 Å². The summed E-state index contributed by atoms with van der Waals surface area (Å²) in [6.45, 7) is 0.0599. The van der Waals surface area contributed by atoms with E-state index in [2.05, 4.69) is 10.1 Å². The van der Waals surface area contributed by atoms with Gasteiger partial charge in [0.05, 0.1) is 12.3 Å². The smallest absolute Gasteiger partial charge is 0.211 e. The SMILES string of the molecule is Cn1nc(C2CC3CSC(N)=NC3(c3ccc(F)cc3F)CO2)cc1F. The highest BCUT2D eigenvalue weighted by Gasteiger charge is 2.50. The molecule has 0 spiro atoms. The molecule has 0 bridgehead atoms. The molecule has 3 heterocycles. The van der Waals surface area contributed by atoms with Gasteiger partial charge in [-0.3, -0.25) is 0 Å². The Morgan fingerprint density at radius 3 is 2.81 bits per heavy atom. The molecular weight excluding hydrogens is 365 g/mol. The Labute approximate surface area is 152 Å². The third-order valence-corrected chi connectivity index (χ3v) is 5.95. The van der Waals surface area contributed by atoms with Crippen molar-refractivity contribution in [1.82, 2.24) is 9.78 Å². The van der Waals surface area contributed by atoms with Gasteiger partial charge in [0.2, 0.25) is 5.95 Å². The van der Waals surface area contributed by atoms with Crippen LogP contribution in [0.5, 0.6) is 0 Å². The Hall–Kier alpha value is -2.00. The summed E-state index contributed by atoms with van der Waals surface area (Å²) in [6, 6.07) is 4.78. The molecule has 3 unspecified atom stereocenters. The Morgan fingerprint density at radius 1 is 1.31 bits per heavy atom. The minimum absolute atomic E-state index is 0.0599. The van der Waals surface area contributed by atoms with Crippen LogP contribution in [0, 0.1) is 23.5 Å². The molecule has 138 valence electrons. The first-order valence-corrected chi connectivity index (χ1v) is 9.12. The van der Waals surface area contributed by atoms with Crippen molar-refractivity contribution in [3.05, 3.63) is 53.1 Å². The predicted molar refractivity (Wildman–Crippen MR) is 92.1 cm³/mol. The van der Waals surface area contributed by atoms with Crippen LogP contribution in [0.3, 0.4) is 0 Å². The molecule has 0 aliphatic carbocycles. The quantitative estimate of drug-likeness (QED) is 0.868. The van der Waals surface area contributed by atoms with Crippen molar-refractivity contribution in [1.29, 1.82) is 0 Å². The first-order chi connectivity index (χ1) is 12.4. The number of nitrogens with two attached hydrogens (primary N) is 1. The Morgan fingerprint density at radius 2 is 2.12 bits per heavy atom. The minimum atomic E-state index is -1.02. The molecule has 1 saturated heterocycles. The molecule has 26 heavy (non-hydrogen) atoms. The van der Waals surface area contributed by atoms with Crippen LogP contribution in [0.15, 0.2) is 29.3 Å². The van der Waals surface area contributed by atoms with Crippen LogP contribution in [0.25, 0.3) is 0 Å². The van der Waals surface area contributed by atoms with E-state index in [1.807, 2.05) is 0 Å². The van der Waals surface area contributed by atoms with Crippen molar-refractivity contribution in [2.24, 2.45) is 23.7 Å². The number of benzene rings is 1. The van der Waals surface area contributed by atoms with E-state index >= 15 is 0 Å². The second-order valence-electron chi connectivity index (χ2n) is 6.56. The number of ether oxygens (including phenoxy) is 1. The molecule has 2 aliphatic heterocycles. The molecule has 9 heteroatoms. The first kappa shape index (κ1) is 17.4. The maximum Gasteiger partial charge on any atom is 0.211 e. The van der Waals surface area contributed by atoms with E-state index < -0.39 is 29.2 Å². The maximum absolute atomic E-state index is 14.5. The van der Waals surface area contributed by atoms with Crippen LogP contribution < -0.4 is 5.73 Å². The number of nitrogens with zero attached hydrogens (tertiary/aromatic N) is 3. The largest absolute Gasteiger partial charge is 0.379 e. The fourth-order valence-corrected chi connectivity index (χ4v) is 4.65. The molecule has 1 aromatic heterocycles. The molecule has 3 atom stereocenters. The Bertz CT molecular complexity index is 867. The standard InChI is InChI=1S/C17H17F3N4OS/c1-24-15(20)6-13(23-24)14-4-9-7-26-16(21)22-17(9,8-25-14)11-3-2-10(18)5-12(11)19/h2-3,5-6,9,14H,4,7-8H2,1H3,(H2,21,22). The van der Waals surface area contributed by atoms with E-state index in [1.54, 1.807) is 0 Å². The molecule has 2 aliphatic rings. The lowest BCUT2D eigenvalue weighted by Crippen LogP contribution is -2.48. The third kappa shape index (κ3) is 2.79. The Balaban J connectivity index is 1.72. The lowest BCUT2D eigenvalue weighted by atomic mass is 9.74. The van der Waals surface area contributed by atoms with Crippen molar-refractivity contribution in [2.45, 2.75) is 18.1 Å². The average Bonchev–Trinajstić information content (AvgIpc) is 2.93. The summed E-state index contributed by atoms with van der Waals surface area (Å²) in [7, 11) is 1.52. The molecule has 2 N–H and O–H groups in total. The van der Waals surface area contributed by atoms with Crippen molar-refractivity contribution < 1.29 is 17.9 Å². The fourth-order valence-electron chi connectivity index (χ4n) is 3.64. The van der Waals surface area contributed by atoms with Crippen LogP contribution in [0.4, 0.5) is 13.2 Å². The fraction of sp³-hybridized carbons (Fsp3) is 0.412. The topological polar surface area (TPSA) is 65.4 Å². The van der Waals surface area contributed by atoms with Gasteiger partial charge < -0.3 is 10.5 Å². The molecule has 0 radical (unpaired) electrons. The summed E-state index contributed by atoms with van der Waals surface area (Å²) >= 11 is 1.39. The number of aromatic nitrogens is 2. The van der Waals surface area contributed by atoms with Gasteiger partial charge in [-0.05, 0) is 12.5 Å². The van der Waals surface area contributed by atoms with Gasteiger partial charge >= 0.3 is 0 Å². The lowest BCUT2D eigenvalue weighted by Gasteiger charge is -2.46. The van der Waals surface area contributed by atoms with Crippen LogP contribution in [0.2, 0.25) is 0 Å². The van der Waals surface area contributed by atoms with Crippen LogP contribution in [-0.4, -0.2) is 27.3 Å². The normalized spacial score (nSPS) is 28.5. The number of fused-ring (bicyclic) bond motifs is 1. The lowest BCUT2D eigenvalue weighted by molar-refractivity contribution is -0.0608. The number of aryl methyl sites for hydroxylation is 1. The van der Waals surface area contributed by atoms with E-state index in [-0.39, 0.29) is 18.1 Å². The zero-order chi connectivity index (χ0) is 18.5. The number of hydrogen-bond donors (Lipinski definition) is 1. The van der Waals surface area contributed by atoms with Gasteiger partial charge in [0, 0.05) is 36.4 Å². The van der Waals surface area contributed by atoms with Gasteiger partial charge in [-0.15, -0.1) is 0 Å². The van der Waals surface area contributed by atoms with E-state index in [0.717, 1.165) is 10.7 Å². The summed E-state index contributed by atoms with van der Waals surface area (Å²) < 4.78 is 48.6. The zero-order valence-electron chi connectivity index (χ0n) is 14.0. The Kier molecular flexibility index (Phi) is 4.23. The third-order valence-electron chi connectivity index (χ3n) is 4.99. The molecule has 1 fully saturated rings. The van der Waals surface area contributed by atoms with Gasteiger partial charge in [0.15, 0.2) is 5.17 Å². The zero-order valence-corrected chi connectivity index (χ0v) is 14.8. The van der Waals surface area contributed by atoms with Gasteiger partial charge in [-0.1, -0.05) is 17.8 Å². The van der Waals surface area contributed by atoms with Crippen molar-refractivity contribution in [3.63, 3.8) is 0 Å². The van der Waals surface area contributed by atoms with Crippen LogP contribution >= 0.6 is 11.8 Å². The molecule has 1 aromatic carbocycles. The monoisotopic (exact) mass is 382 g/mol. The number of amidine groups is 1. The van der Waals surface area contributed by atoms with Crippen molar-refractivity contribution in [2.75, 3.05) is 12.4 Å². The summed E-state index contributed by atoms with van der Waals surface area (Å²) in [6.07, 6.45) is 0.0688. The highest BCUT2D eigenvalue weighted by molar-refractivity contribution is 8.13. The van der Waals surface area contributed by atoms with E-state index in [0.29, 0.717) is 23.0 Å². The predicted octanol–water partition coefficient (Wildman–Crippen LogP) is 2.87. The van der Waals surface area contributed by atoms with Crippen LogP contribution in [0.1, 0.15) is 23.8 Å². The van der Waals surface area contributed by atoms with Gasteiger partial charge in [0.1, 0.15) is 23.3 Å². The molecule has 0 amide bonds. The summed E-state index contributed by atoms with van der Waals surface area (Å²) in [5.74, 6) is -1.28. The van der Waals surface area contributed by atoms with E-state index in [1.165, 1.54) is 37.0 Å². The summed E-state index contributed by atoms with van der Waals surface area (Å²) in [5.41, 5.74) is 5.65.